The summed E-state index contributed by atoms with van der Waals surface area (Å²) in [5.41, 5.74) is 6.03. The minimum Gasteiger partial charge on any atom is -0.391 e. The molecule has 0 aromatic carbocycles. The fourth-order valence-electron chi connectivity index (χ4n) is 3.03. The first-order valence-corrected chi connectivity index (χ1v) is 10.5. The molecule has 3 rings (SSSR count). The molecule has 1 aromatic rings. The predicted octanol–water partition coefficient (Wildman–Crippen LogP) is -0.714. The number of thioether (sulfide) groups is 1. The van der Waals surface area contributed by atoms with E-state index in [1.807, 2.05) is 0 Å². The second kappa shape index (κ2) is 7.04. The minimum atomic E-state index is -3.58. The molecule has 2 saturated heterocycles. The maximum atomic E-state index is 12.6. The Morgan fingerprint density at radius 2 is 2.04 bits per heavy atom. The van der Waals surface area contributed by atoms with Crippen molar-refractivity contribution in [3.8, 4) is 0 Å². The van der Waals surface area contributed by atoms with E-state index < -0.39 is 16.1 Å². The first-order valence-electron chi connectivity index (χ1n) is 7.87. The number of amides is 1. The molecule has 2 unspecified atom stereocenters. The van der Waals surface area contributed by atoms with Crippen molar-refractivity contribution in [3.63, 3.8) is 0 Å². The van der Waals surface area contributed by atoms with Crippen LogP contribution in [0.4, 0.5) is 0 Å². The number of H-pyrrole nitrogens is 1. The average molecular weight is 374 g/mol. The van der Waals surface area contributed by atoms with Crippen LogP contribution in [0.3, 0.4) is 0 Å². The lowest BCUT2D eigenvalue weighted by molar-refractivity contribution is 0.0419. The highest BCUT2D eigenvalue weighted by atomic mass is 32.2. The molecule has 2 fully saturated rings. The number of likely N-dealkylation sites (tertiary alicyclic amines) is 1. The van der Waals surface area contributed by atoms with Crippen molar-refractivity contribution in [2.24, 2.45) is 5.73 Å². The molecule has 134 valence electrons. The number of carbonyl (C=O) groups is 1. The summed E-state index contributed by atoms with van der Waals surface area (Å²) in [6.07, 6.45) is 1.16. The third-order valence-corrected chi connectivity index (χ3v) is 7.06. The summed E-state index contributed by atoms with van der Waals surface area (Å²) in [6, 6.07) is 1.09. The van der Waals surface area contributed by atoms with Crippen LogP contribution in [0.1, 0.15) is 16.9 Å². The van der Waals surface area contributed by atoms with Gasteiger partial charge in [0.05, 0.1) is 6.10 Å². The molecule has 1 amide bonds. The third-order valence-electron chi connectivity index (χ3n) is 4.24. The van der Waals surface area contributed by atoms with Gasteiger partial charge in [-0.25, -0.2) is 8.42 Å². The Morgan fingerprint density at radius 1 is 1.33 bits per heavy atom. The van der Waals surface area contributed by atoms with Crippen molar-refractivity contribution in [1.82, 2.24) is 14.2 Å². The van der Waals surface area contributed by atoms with E-state index in [0.717, 1.165) is 11.5 Å². The van der Waals surface area contributed by atoms with Crippen LogP contribution in [0, 0.1) is 0 Å². The maximum absolute atomic E-state index is 12.6. The van der Waals surface area contributed by atoms with Gasteiger partial charge < -0.3 is 20.7 Å². The number of nitrogens with zero attached hydrogens (tertiary/aromatic N) is 2. The van der Waals surface area contributed by atoms with Gasteiger partial charge in [0, 0.05) is 49.9 Å². The molecule has 1 aromatic heterocycles. The first-order chi connectivity index (χ1) is 11.4. The lowest BCUT2D eigenvalue weighted by atomic mass is 10.0. The summed E-state index contributed by atoms with van der Waals surface area (Å²) in [6.45, 7) is 1.51. The second-order valence-corrected chi connectivity index (χ2v) is 9.29. The van der Waals surface area contributed by atoms with Gasteiger partial charge in [-0.05, 0) is 12.5 Å². The number of piperidine rings is 1. The number of carbonyl (C=O) groups excluding carboxylic acids is 1. The number of nitrogens with one attached hydrogen (secondary N) is 1. The summed E-state index contributed by atoms with van der Waals surface area (Å²) in [7, 11) is -3.58. The molecule has 3 heterocycles. The SMILES string of the molecule is NC1CC(O)CN(C(=O)c2cc(S(=O)(=O)N3CCSCC3)c[nH]2)C1. The lowest BCUT2D eigenvalue weighted by Gasteiger charge is -2.33. The van der Waals surface area contributed by atoms with E-state index >= 15 is 0 Å². The number of β-amino-alcohol motifs (C(OH)–C–C–N with tert-alkyl or cyclic N) is 1. The molecule has 24 heavy (non-hydrogen) atoms. The van der Waals surface area contributed by atoms with Gasteiger partial charge >= 0.3 is 0 Å². The van der Waals surface area contributed by atoms with E-state index in [9.17, 15) is 18.3 Å². The van der Waals surface area contributed by atoms with Gasteiger partial charge in [0.25, 0.3) is 5.91 Å². The van der Waals surface area contributed by atoms with Crippen molar-refractivity contribution >= 4 is 27.7 Å². The van der Waals surface area contributed by atoms with Crippen LogP contribution in [0.5, 0.6) is 0 Å². The topological polar surface area (TPSA) is 120 Å². The molecule has 0 bridgehead atoms. The molecular formula is C14H22N4O4S2. The quantitative estimate of drug-likeness (QED) is 0.643. The Hall–Kier alpha value is -1.07. The Kier molecular flexibility index (Phi) is 5.21. The molecular weight excluding hydrogens is 352 g/mol. The van der Waals surface area contributed by atoms with Crippen molar-refractivity contribution in [3.05, 3.63) is 18.0 Å². The number of nitrogens with two attached hydrogens (primary N) is 1. The molecule has 2 aliphatic rings. The highest BCUT2D eigenvalue weighted by molar-refractivity contribution is 7.99. The zero-order valence-electron chi connectivity index (χ0n) is 13.2. The Morgan fingerprint density at radius 3 is 2.71 bits per heavy atom. The first kappa shape index (κ1) is 17.7. The van der Waals surface area contributed by atoms with Gasteiger partial charge in [-0.3, -0.25) is 4.79 Å². The van der Waals surface area contributed by atoms with Crippen molar-refractivity contribution in [2.45, 2.75) is 23.5 Å². The zero-order chi connectivity index (χ0) is 17.3. The molecule has 0 radical (unpaired) electrons. The Balaban J connectivity index is 1.76. The second-order valence-electron chi connectivity index (χ2n) is 6.13. The largest absolute Gasteiger partial charge is 0.391 e. The predicted molar refractivity (Wildman–Crippen MR) is 91.4 cm³/mol. The molecule has 0 aliphatic carbocycles. The van der Waals surface area contributed by atoms with Gasteiger partial charge in [-0.15, -0.1) is 0 Å². The highest BCUT2D eigenvalue weighted by Crippen LogP contribution is 2.22. The summed E-state index contributed by atoms with van der Waals surface area (Å²) in [5.74, 6) is 1.21. The number of hydrogen-bond acceptors (Lipinski definition) is 6. The number of aliphatic hydroxyl groups excluding tert-OH is 1. The third kappa shape index (κ3) is 3.62. The number of rotatable bonds is 3. The minimum absolute atomic E-state index is 0.0969. The highest BCUT2D eigenvalue weighted by Gasteiger charge is 2.31. The molecule has 0 saturated carbocycles. The summed E-state index contributed by atoms with van der Waals surface area (Å²) >= 11 is 1.73. The van der Waals surface area contributed by atoms with Gasteiger partial charge in [-0.2, -0.15) is 16.1 Å². The Labute approximate surface area is 145 Å². The fourth-order valence-corrected chi connectivity index (χ4v) is 5.60. The lowest BCUT2D eigenvalue weighted by Crippen LogP contribution is -2.51. The zero-order valence-corrected chi connectivity index (χ0v) is 14.9. The van der Waals surface area contributed by atoms with Gasteiger partial charge in [0.15, 0.2) is 0 Å². The van der Waals surface area contributed by atoms with Crippen molar-refractivity contribution in [2.75, 3.05) is 37.7 Å². The van der Waals surface area contributed by atoms with E-state index in [0.29, 0.717) is 26.1 Å². The van der Waals surface area contributed by atoms with Crippen LogP contribution in [-0.2, 0) is 10.0 Å². The van der Waals surface area contributed by atoms with Gasteiger partial charge in [0.2, 0.25) is 10.0 Å². The smallest absolute Gasteiger partial charge is 0.270 e. The normalized spacial score (nSPS) is 26.5. The number of aromatic nitrogens is 1. The van der Waals surface area contributed by atoms with E-state index in [1.54, 1.807) is 11.8 Å². The number of aromatic amines is 1. The fraction of sp³-hybridized carbons (Fsp3) is 0.643. The molecule has 8 nitrogen and oxygen atoms in total. The van der Waals surface area contributed by atoms with Crippen LogP contribution in [0.2, 0.25) is 0 Å². The molecule has 0 spiro atoms. The number of hydrogen-bond donors (Lipinski definition) is 3. The maximum Gasteiger partial charge on any atom is 0.270 e. The van der Waals surface area contributed by atoms with Crippen LogP contribution in [0.25, 0.3) is 0 Å². The summed E-state index contributed by atoms with van der Waals surface area (Å²) in [4.78, 5) is 16.8. The van der Waals surface area contributed by atoms with Crippen molar-refractivity contribution < 1.29 is 18.3 Å². The molecule has 4 N–H and O–H groups in total. The monoisotopic (exact) mass is 374 g/mol. The summed E-state index contributed by atoms with van der Waals surface area (Å²) < 4.78 is 26.7. The molecule has 2 aliphatic heterocycles. The van der Waals surface area contributed by atoms with Crippen molar-refractivity contribution in [1.29, 1.82) is 0 Å². The average Bonchev–Trinajstić information content (AvgIpc) is 3.05. The van der Waals surface area contributed by atoms with E-state index in [1.165, 1.54) is 21.5 Å². The van der Waals surface area contributed by atoms with Crippen LogP contribution >= 0.6 is 11.8 Å². The number of sulfonamides is 1. The Bertz CT molecular complexity index is 689. The van der Waals surface area contributed by atoms with Gasteiger partial charge in [0.1, 0.15) is 10.6 Å². The van der Waals surface area contributed by atoms with E-state index in [4.69, 9.17) is 5.73 Å². The van der Waals surface area contributed by atoms with Crippen LogP contribution in [-0.4, -0.2) is 83.5 Å². The van der Waals surface area contributed by atoms with E-state index in [-0.39, 0.29) is 29.1 Å². The standard InChI is InChI=1S/C14H22N4O4S2/c15-10-5-11(19)9-17(8-10)14(20)13-6-12(7-16-13)24(21,22)18-1-3-23-4-2-18/h6-7,10-11,16,19H,1-5,8-9,15H2. The molecule has 2 atom stereocenters. The van der Waals surface area contributed by atoms with Gasteiger partial charge in [-0.1, -0.05) is 0 Å². The van der Waals surface area contributed by atoms with E-state index in [2.05, 4.69) is 4.98 Å². The van der Waals surface area contributed by atoms with Crippen LogP contribution in [0.15, 0.2) is 17.2 Å². The van der Waals surface area contributed by atoms with Crippen LogP contribution < -0.4 is 5.73 Å². The molecule has 10 heteroatoms. The number of aliphatic hydroxyl groups is 1. The summed E-state index contributed by atoms with van der Waals surface area (Å²) in [5, 5.41) is 9.76.